The zero-order chi connectivity index (χ0) is 26.9. The Balaban J connectivity index is 1.36. The van der Waals surface area contributed by atoms with Crippen molar-refractivity contribution in [2.24, 2.45) is 5.92 Å². The Hall–Kier alpha value is -2.24. The van der Waals surface area contributed by atoms with Gasteiger partial charge in [-0.25, -0.2) is 13.0 Å². The van der Waals surface area contributed by atoms with Gasteiger partial charge in [-0.3, -0.25) is 14.4 Å². The Morgan fingerprint density at radius 1 is 1.14 bits per heavy atom. The van der Waals surface area contributed by atoms with Gasteiger partial charge in [0.1, 0.15) is 28.4 Å². The summed E-state index contributed by atoms with van der Waals surface area (Å²) in [5.41, 5.74) is -0.528. The molecule has 1 heterocycles. The van der Waals surface area contributed by atoms with Crippen molar-refractivity contribution in [2.45, 2.75) is 44.3 Å². The standard InChI is InChI=1S/C25H26ClF5N2O3S/c1-37(35)32-24(34)19-10-18(15-2-3-15)22(11-21(19)27)36-13-14-4-6-33(7-5-14)12-16-8-17(25(29,30)31)9-20(26)23(16)28/h8-11,14-15H,2-7,12-13H2,1H3,(H,32,34). The van der Waals surface area contributed by atoms with Crippen molar-refractivity contribution in [1.29, 1.82) is 0 Å². The number of nitrogens with one attached hydrogen (secondary N) is 1. The normalized spacial score (nSPS) is 18.0. The summed E-state index contributed by atoms with van der Waals surface area (Å²) in [7, 11) is -1.62. The van der Waals surface area contributed by atoms with Gasteiger partial charge < -0.3 is 4.74 Å². The molecule has 0 radical (unpaired) electrons. The molecule has 1 aliphatic carbocycles. The van der Waals surface area contributed by atoms with E-state index in [9.17, 15) is 31.0 Å². The summed E-state index contributed by atoms with van der Waals surface area (Å²) in [6.07, 6.45) is -0.205. The average molecular weight is 565 g/mol. The van der Waals surface area contributed by atoms with Crippen LogP contribution in [0.25, 0.3) is 0 Å². The molecular weight excluding hydrogens is 539 g/mol. The molecule has 1 aliphatic heterocycles. The van der Waals surface area contributed by atoms with Crippen molar-refractivity contribution in [3.05, 3.63) is 63.2 Å². The molecule has 2 aliphatic rings. The molecule has 0 aromatic heterocycles. The quantitative estimate of drug-likeness (QED) is 0.410. The van der Waals surface area contributed by atoms with Crippen molar-refractivity contribution in [1.82, 2.24) is 9.62 Å². The molecule has 1 saturated carbocycles. The van der Waals surface area contributed by atoms with Crippen LogP contribution in [0.1, 0.15) is 58.6 Å². The molecular formula is C25H26ClF5N2O3S. The fourth-order valence-electron chi connectivity index (χ4n) is 4.45. The molecule has 2 aromatic carbocycles. The first kappa shape index (κ1) is 27.8. The lowest BCUT2D eigenvalue weighted by Gasteiger charge is -2.32. The van der Waals surface area contributed by atoms with Crippen molar-refractivity contribution in [3.63, 3.8) is 0 Å². The molecule has 0 bridgehead atoms. The summed E-state index contributed by atoms with van der Waals surface area (Å²) >= 11 is 5.69. The SMILES string of the molecule is CS(=O)NC(=O)c1cc(C2CC2)c(OCC2CCN(Cc3cc(C(F)(F)F)cc(Cl)c3F)CC2)cc1F. The lowest BCUT2D eigenvalue weighted by molar-refractivity contribution is -0.137. The zero-order valence-electron chi connectivity index (χ0n) is 20.0. The van der Waals surface area contributed by atoms with Gasteiger partial charge in [0.15, 0.2) is 0 Å². The van der Waals surface area contributed by atoms with Gasteiger partial charge in [-0.05, 0) is 74.4 Å². The molecule has 202 valence electrons. The molecule has 1 amide bonds. The Morgan fingerprint density at radius 2 is 1.81 bits per heavy atom. The van der Waals surface area contributed by atoms with Crippen LogP contribution < -0.4 is 9.46 Å². The Kier molecular flexibility index (Phi) is 8.45. The van der Waals surface area contributed by atoms with E-state index in [2.05, 4.69) is 4.72 Å². The Bertz CT molecular complexity index is 1200. The Labute approximate surface area is 218 Å². The summed E-state index contributed by atoms with van der Waals surface area (Å²) in [6, 6.07) is 4.04. The van der Waals surface area contributed by atoms with Crippen molar-refractivity contribution < 1.29 is 35.7 Å². The molecule has 1 saturated heterocycles. The third-order valence-corrected chi connectivity index (χ3v) is 7.35. The van der Waals surface area contributed by atoms with Gasteiger partial charge in [0.25, 0.3) is 5.91 Å². The minimum absolute atomic E-state index is 0.00612. The zero-order valence-corrected chi connectivity index (χ0v) is 21.5. The van der Waals surface area contributed by atoms with E-state index >= 15 is 0 Å². The van der Waals surface area contributed by atoms with Crippen LogP contribution >= 0.6 is 11.6 Å². The number of likely N-dealkylation sites (tertiary alicyclic amines) is 1. The third-order valence-electron chi connectivity index (χ3n) is 6.60. The van der Waals surface area contributed by atoms with Crippen LogP contribution in [0, 0.1) is 17.6 Å². The van der Waals surface area contributed by atoms with E-state index in [4.69, 9.17) is 16.3 Å². The highest BCUT2D eigenvalue weighted by Crippen LogP contribution is 2.45. The minimum Gasteiger partial charge on any atom is -0.493 e. The first-order valence-corrected chi connectivity index (χ1v) is 13.7. The maximum Gasteiger partial charge on any atom is 0.416 e. The van der Waals surface area contributed by atoms with Crippen LogP contribution in [0.3, 0.4) is 0 Å². The summed E-state index contributed by atoms with van der Waals surface area (Å²) in [5.74, 6) is -1.71. The summed E-state index contributed by atoms with van der Waals surface area (Å²) < 4.78 is 87.7. The number of ether oxygens (including phenoxy) is 1. The first-order valence-electron chi connectivity index (χ1n) is 11.8. The highest BCUT2D eigenvalue weighted by Gasteiger charge is 2.33. The number of benzene rings is 2. The Morgan fingerprint density at radius 3 is 2.41 bits per heavy atom. The fourth-order valence-corrected chi connectivity index (χ4v) is 5.06. The molecule has 1 unspecified atom stereocenters. The average Bonchev–Trinajstić information content (AvgIpc) is 3.65. The lowest BCUT2D eigenvalue weighted by Crippen LogP contribution is -2.35. The summed E-state index contributed by atoms with van der Waals surface area (Å²) in [6.45, 7) is 1.37. The lowest BCUT2D eigenvalue weighted by atomic mass is 9.97. The number of amides is 1. The molecule has 2 aromatic rings. The predicted octanol–water partition coefficient (Wildman–Crippen LogP) is 5.83. The number of nitrogens with zero attached hydrogens (tertiary/aromatic N) is 1. The number of alkyl halides is 3. The van der Waals surface area contributed by atoms with Crippen molar-refractivity contribution in [3.8, 4) is 5.75 Å². The van der Waals surface area contributed by atoms with Gasteiger partial charge in [0.2, 0.25) is 0 Å². The van der Waals surface area contributed by atoms with Crippen LogP contribution in [0.2, 0.25) is 5.02 Å². The molecule has 12 heteroatoms. The molecule has 1 N–H and O–H groups in total. The maximum atomic E-state index is 14.6. The molecule has 4 rings (SSSR count). The summed E-state index contributed by atoms with van der Waals surface area (Å²) in [4.78, 5) is 14.0. The highest BCUT2D eigenvalue weighted by molar-refractivity contribution is 7.82. The van der Waals surface area contributed by atoms with E-state index in [0.717, 1.165) is 24.5 Å². The van der Waals surface area contributed by atoms with Gasteiger partial charge in [-0.15, -0.1) is 0 Å². The number of carbonyl (C=O) groups excluding carboxylic acids is 1. The monoisotopic (exact) mass is 564 g/mol. The topological polar surface area (TPSA) is 58.6 Å². The molecule has 1 atom stereocenters. The van der Waals surface area contributed by atoms with E-state index in [1.165, 1.54) is 18.4 Å². The molecule has 5 nitrogen and oxygen atoms in total. The van der Waals surface area contributed by atoms with E-state index in [-0.39, 0.29) is 29.5 Å². The van der Waals surface area contributed by atoms with Gasteiger partial charge in [-0.1, -0.05) is 11.6 Å². The number of rotatable bonds is 8. The van der Waals surface area contributed by atoms with Crippen LogP contribution in [0.4, 0.5) is 22.0 Å². The van der Waals surface area contributed by atoms with Gasteiger partial charge in [0, 0.05) is 24.4 Å². The fraction of sp³-hybridized carbons (Fsp3) is 0.480. The van der Waals surface area contributed by atoms with Crippen LogP contribution in [0.15, 0.2) is 24.3 Å². The van der Waals surface area contributed by atoms with Crippen LogP contribution in [-0.4, -0.2) is 41.0 Å². The van der Waals surface area contributed by atoms with E-state index < -0.39 is 45.3 Å². The minimum atomic E-state index is -4.62. The van der Waals surface area contributed by atoms with Gasteiger partial charge in [0.05, 0.1) is 22.8 Å². The number of carbonyl (C=O) groups is 1. The number of piperidine rings is 1. The number of halogens is 6. The van der Waals surface area contributed by atoms with Gasteiger partial charge in [-0.2, -0.15) is 13.2 Å². The van der Waals surface area contributed by atoms with Crippen LogP contribution in [0.5, 0.6) is 5.75 Å². The number of hydrogen-bond acceptors (Lipinski definition) is 4. The second kappa shape index (κ2) is 11.2. The first-order chi connectivity index (χ1) is 17.4. The molecule has 37 heavy (non-hydrogen) atoms. The predicted molar refractivity (Wildman–Crippen MR) is 130 cm³/mol. The second-order valence-electron chi connectivity index (χ2n) is 9.49. The van der Waals surface area contributed by atoms with Crippen molar-refractivity contribution in [2.75, 3.05) is 26.0 Å². The van der Waals surface area contributed by atoms with E-state index in [1.807, 2.05) is 4.90 Å². The third kappa shape index (κ3) is 7.00. The second-order valence-corrected chi connectivity index (χ2v) is 11.0. The number of hydrogen-bond donors (Lipinski definition) is 1. The maximum absolute atomic E-state index is 14.6. The van der Waals surface area contributed by atoms with Crippen molar-refractivity contribution >= 4 is 28.5 Å². The highest BCUT2D eigenvalue weighted by atomic mass is 35.5. The smallest absolute Gasteiger partial charge is 0.416 e. The van der Waals surface area contributed by atoms with Gasteiger partial charge >= 0.3 is 6.18 Å². The molecule has 0 spiro atoms. The molecule has 2 fully saturated rings. The van der Waals surface area contributed by atoms with E-state index in [0.29, 0.717) is 44.4 Å². The van der Waals surface area contributed by atoms with E-state index in [1.54, 1.807) is 0 Å². The largest absolute Gasteiger partial charge is 0.493 e. The van der Waals surface area contributed by atoms with Crippen LogP contribution in [-0.2, 0) is 23.7 Å². The summed E-state index contributed by atoms with van der Waals surface area (Å²) in [5, 5.41) is -0.557.